The zero-order chi connectivity index (χ0) is 28.4. The number of nitriles is 2. The first-order valence-electron chi connectivity index (χ1n) is 12.4. The summed E-state index contributed by atoms with van der Waals surface area (Å²) in [5.41, 5.74) is 1.64. The Bertz CT molecular complexity index is 1520. The van der Waals surface area contributed by atoms with Crippen LogP contribution in [0.5, 0.6) is 0 Å². The number of anilines is 4. The van der Waals surface area contributed by atoms with Gasteiger partial charge in [0.1, 0.15) is 6.07 Å². The number of amides is 1. The van der Waals surface area contributed by atoms with Crippen molar-refractivity contribution in [2.75, 3.05) is 35.2 Å². The molecule has 2 atom stereocenters. The third-order valence-electron chi connectivity index (χ3n) is 6.62. The number of aromatic nitrogens is 4. The molecule has 40 heavy (non-hydrogen) atoms. The van der Waals surface area contributed by atoms with Crippen LogP contribution in [-0.2, 0) is 0 Å². The van der Waals surface area contributed by atoms with E-state index in [9.17, 15) is 29.2 Å². The second-order valence-corrected chi connectivity index (χ2v) is 9.86. The number of nitrogens with zero attached hydrogens (tertiary/aromatic N) is 7. The van der Waals surface area contributed by atoms with Gasteiger partial charge in [-0.15, -0.1) is 5.10 Å². The van der Waals surface area contributed by atoms with Gasteiger partial charge in [-0.2, -0.15) is 20.0 Å². The molecule has 0 bridgehead atoms. The first-order valence-corrected chi connectivity index (χ1v) is 12.8. The second-order valence-electron chi connectivity index (χ2n) is 9.48. The molecule has 5 rings (SSSR count). The van der Waals surface area contributed by atoms with Crippen LogP contribution in [0.3, 0.4) is 0 Å². The maximum atomic E-state index is 12.9. The van der Waals surface area contributed by atoms with Crippen molar-refractivity contribution in [3.8, 4) is 12.1 Å². The molecule has 1 saturated carbocycles. The maximum Gasteiger partial charge on any atom is 0.404 e. The number of carbonyl (C=O) groups is 1. The van der Waals surface area contributed by atoms with E-state index in [1.165, 1.54) is 16.8 Å². The molecule has 16 heteroatoms. The van der Waals surface area contributed by atoms with Crippen molar-refractivity contribution in [2.24, 2.45) is 0 Å². The van der Waals surface area contributed by atoms with Crippen LogP contribution in [0.2, 0.25) is 5.02 Å². The molecule has 1 aromatic carbocycles. The highest BCUT2D eigenvalue weighted by Gasteiger charge is 2.32. The molecule has 5 N–H and O–H groups in total. The average Bonchev–Trinajstić information content (AvgIpc) is 3.64. The standard InChI is InChI=1S/C24H24ClF2N11O2/c25-20-16(33-23-35-21(32-13-1-2-13)22-31-9-14(8-29)38(22)36-23)5-12(7-28)6-18(20)37-4-3-15(34-24(39)40)17(11-37)30-10-19(26)27/h5-6,9,13,15,17,19,30,34H,1-4,10-11H2,(H,39,40)(H2,32,33,35,36)/t15-,17-/m0/s1. The lowest BCUT2D eigenvalue weighted by Gasteiger charge is -2.40. The molecule has 0 unspecified atom stereocenters. The number of alkyl halides is 2. The number of imidazole rings is 1. The fourth-order valence-electron chi connectivity index (χ4n) is 4.59. The first kappa shape index (κ1) is 27.1. The van der Waals surface area contributed by atoms with E-state index >= 15 is 0 Å². The Kier molecular flexibility index (Phi) is 7.68. The Morgan fingerprint density at radius 2 is 2.02 bits per heavy atom. The van der Waals surface area contributed by atoms with Crippen LogP contribution in [0.4, 0.5) is 36.7 Å². The molecule has 1 saturated heterocycles. The number of benzene rings is 1. The number of piperidine rings is 1. The van der Waals surface area contributed by atoms with Crippen LogP contribution in [0.15, 0.2) is 18.3 Å². The molecule has 1 aliphatic carbocycles. The minimum Gasteiger partial charge on any atom is -0.465 e. The summed E-state index contributed by atoms with van der Waals surface area (Å²) in [5.74, 6) is 0.546. The molecule has 3 aromatic rings. The van der Waals surface area contributed by atoms with Gasteiger partial charge in [0.05, 0.1) is 46.8 Å². The van der Waals surface area contributed by atoms with Gasteiger partial charge in [-0.05, 0) is 31.4 Å². The van der Waals surface area contributed by atoms with Crippen LogP contribution < -0.4 is 26.2 Å². The van der Waals surface area contributed by atoms with E-state index < -0.39 is 31.1 Å². The molecule has 1 aliphatic heterocycles. The fraction of sp³-hybridized carbons (Fsp3) is 0.417. The van der Waals surface area contributed by atoms with Gasteiger partial charge in [0.25, 0.3) is 6.43 Å². The van der Waals surface area contributed by atoms with Crippen LogP contribution in [0.25, 0.3) is 5.65 Å². The highest BCUT2D eigenvalue weighted by molar-refractivity contribution is 6.36. The zero-order valence-corrected chi connectivity index (χ0v) is 21.7. The fourth-order valence-corrected chi connectivity index (χ4v) is 4.87. The maximum absolute atomic E-state index is 12.9. The summed E-state index contributed by atoms with van der Waals surface area (Å²) in [6, 6.07) is 6.26. The summed E-state index contributed by atoms with van der Waals surface area (Å²) in [6.45, 7) is -0.0976. The van der Waals surface area contributed by atoms with Crippen molar-refractivity contribution in [1.29, 1.82) is 10.5 Å². The predicted octanol–water partition coefficient (Wildman–Crippen LogP) is 2.91. The van der Waals surface area contributed by atoms with Gasteiger partial charge in [-0.1, -0.05) is 11.6 Å². The molecular weight excluding hydrogens is 548 g/mol. The molecule has 0 radical (unpaired) electrons. The van der Waals surface area contributed by atoms with Crippen LogP contribution in [-0.4, -0.2) is 75.0 Å². The number of halogens is 3. The Morgan fingerprint density at radius 3 is 2.70 bits per heavy atom. The monoisotopic (exact) mass is 571 g/mol. The van der Waals surface area contributed by atoms with Gasteiger partial charge >= 0.3 is 6.09 Å². The van der Waals surface area contributed by atoms with Crippen LogP contribution >= 0.6 is 11.6 Å². The number of nitrogens with one attached hydrogen (secondary N) is 4. The lowest BCUT2D eigenvalue weighted by atomic mass is 9.98. The molecule has 0 spiro atoms. The number of carboxylic acid groups (broad SMARTS) is 1. The minimum atomic E-state index is -2.61. The van der Waals surface area contributed by atoms with Crippen molar-refractivity contribution in [3.05, 3.63) is 34.6 Å². The van der Waals surface area contributed by atoms with E-state index in [1.54, 1.807) is 6.07 Å². The average molecular weight is 572 g/mol. The van der Waals surface area contributed by atoms with Crippen molar-refractivity contribution in [2.45, 2.75) is 43.8 Å². The number of fused-ring (bicyclic) bond motifs is 1. The molecule has 1 amide bonds. The Labute approximate surface area is 231 Å². The van der Waals surface area contributed by atoms with Crippen molar-refractivity contribution in [1.82, 2.24) is 30.2 Å². The van der Waals surface area contributed by atoms with Gasteiger partial charge in [0.2, 0.25) is 5.95 Å². The van der Waals surface area contributed by atoms with Gasteiger partial charge in [0, 0.05) is 25.2 Å². The number of hydrogen-bond donors (Lipinski definition) is 5. The van der Waals surface area contributed by atoms with E-state index in [0.29, 0.717) is 35.8 Å². The van der Waals surface area contributed by atoms with E-state index in [-0.39, 0.29) is 34.8 Å². The zero-order valence-electron chi connectivity index (χ0n) is 20.9. The van der Waals surface area contributed by atoms with Gasteiger partial charge in [0.15, 0.2) is 17.2 Å². The summed E-state index contributed by atoms with van der Waals surface area (Å²) in [6.07, 6.45) is -0.184. The van der Waals surface area contributed by atoms with Crippen LogP contribution in [0.1, 0.15) is 30.5 Å². The lowest BCUT2D eigenvalue weighted by molar-refractivity contribution is 0.135. The van der Waals surface area contributed by atoms with E-state index in [4.69, 9.17) is 11.6 Å². The highest BCUT2D eigenvalue weighted by Crippen LogP contribution is 2.37. The highest BCUT2D eigenvalue weighted by atomic mass is 35.5. The molecule has 208 valence electrons. The molecule has 2 aliphatic rings. The molecule has 3 heterocycles. The van der Waals surface area contributed by atoms with Crippen molar-refractivity contribution >= 4 is 46.5 Å². The largest absolute Gasteiger partial charge is 0.465 e. The van der Waals surface area contributed by atoms with E-state index in [0.717, 1.165) is 12.8 Å². The normalized spacial score (nSPS) is 18.8. The Hall–Kier alpha value is -4.47. The minimum absolute atomic E-state index is 0.105. The second kappa shape index (κ2) is 11.3. The van der Waals surface area contributed by atoms with Crippen molar-refractivity contribution < 1.29 is 18.7 Å². The predicted molar refractivity (Wildman–Crippen MR) is 141 cm³/mol. The summed E-state index contributed by atoms with van der Waals surface area (Å²) in [4.78, 5) is 21.8. The van der Waals surface area contributed by atoms with Gasteiger partial charge in [-0.3, -0.25) is 0 Å². The molecule has 13 nitrogen and oxygen atoms in total. The third-order valence-corrected chi connectivity index (χ3v) is 7.02. The first-order chi connectivity index (χ1) is 19.2. The topological polar surface area (TPSA) is 179 Å². The van der Waals surface area contributed by atoms with Gasteiger partial charge < -0.3 is 31.3 Å². The lowest BCUT2D eigenvalue weighted by Crippen LogP contribution is -2.60. The number of hydrogen-bond acceptors (Lipinski definition) is 10. The molecule has 2 fully saturated rings. The van der Waals surface area contributed by atoms with E-state index in [2.05, 4.69) is 42.4 Å². The number of rotatable bonds is 9. The summed E-state index contributed by atoms with van der Waals surface area (Å²) in [7, 11) is 0. The summed E-state index contributed by atoms with van der Waals surface area (Å²) in [5, 5.41) is 44.4. The smallest absolute Gasteiger partial charge is 0.404 e. The Morgan fingerprint density at radius 1 is 1.23 bits per heavy atom. The quantitative estimate of drug-likeness (QED) is 0.255. The third kappa shape index (κ3) is 5.90. The molecule has 2 aromatic heterocycles. The Balaban J connectivity index is 1.46. The molecular formula is C24H24ClF2N11O2. The van der Waals surface area contributed by atoms with E-state index in [1.807, 2.05) is 11.0 Å². The SMILES string of the molecule is N#Cc1cc(Nc2nc(NC3CC3)c3ncc(C#N)n3n2)c(Cl)c(N2CC[C@H](NC(=O)O)[C@@H](NCC(F)F)C2)c1. The van der Waals surface area contributed by atoms with Crippen molar-refractivity contribution in [3.63, 3.8) is 0 Å². The van der Waals surface area contributed by atoms with Gasteiger partial charge in [-0.25, -0.2) is 18.6 Å². The summed E-state index contributed by atoms with van der Waals surface area (Å²) < 4.78 is 27.2. The van der Waals surface area contributed by atoms with Crippen LogP contribution in [0, 0.1) is 22.7 Å². The summed E-state index contributed by atoms with van der Waals surface area (Å²) >= 11 is 6.80.